The fourth-order valence-electron chi connectivity index (χ4n) is 3.58. The molecule has 1 saturated heterocycles. The molecule has 0 aromatic carbocycles. The molecule has 7 nitrogen and oxygen atoms in total. The summed E-state index contributed by atoms with van der Waals surface area (Å²) in [5, 5.41) is 4.43. The van der Waals surface area contributed by atoms with Gasteiger partial charge in [0.25, 0.3) is 5.56 Å². The van der Waals surface area contributed by atoms with Crippen molar-refractivity contribution >= 4 is 5.82 Å². The molecule has 0 spiro atoms. The summed E-state index contributed by atoms with van der Waals surface area (Å²) in [7, 11) is 0. The Labute approximate surface area is 176 Å². The maximum Gasteiger partial charge on any atom is 0.419 e. The minimum absolute atomic E-state index is 0.0300. The quantitative estimate of drug-likeness (QED) is 0.620. The summed E-state index contributed by atoms with van der Waals surface area (Å²) in [6.07, 6.45) is 0.272. The van der Waals surface area contributed by atoms with Crippen molar-refractivity contribution in [2.45, 2.75) is 12.7 Å². The van der Waals surface area contributed by atoms with Crippen LogP contribution in [-0.2, 0) is 12.7 Å². The van der Waals surface area contributed by atoms with Crippen LogP contribution in [0.4, 0.5) is 19.0 Å². The number of anilines is 1. The van der Waals surface area contributed by atoms with Gasteiger partial charge in [0.05, 0.1) is 17.8 Å². The van der Waals surface area contributed by atoms with Crippen LogP contribution in [-0.4, -0.2) is 57.4 Å². The predicted molar refractivity (Wildman–Crippen MR) is 110 cm³/mol. The third kappa shape index (κ3) is 4.91. The normalized spacial score (nSPS) is 15.3. The standard InChI is InChI=1S/C21H21F3N6O/c22-21(23,24)17-2-1-7-26-20(17)29-13-10-28(11-14-29)12-15-30-19(31)4-3-18(27-30)16-5-8-25-9-6-16/h1-9H,10-15H2. The lowest BCUT2D eigenvalue weighted by molar-refractivity contribution is -0.137. The Bertz CT molecular complexity index is 1080. The van der Waals surface area contributed by atoms with E-state index in [1.54, 1.807) is 23.4 Å². The molecular weight excluding hydrogens is 409 g/mol. The molecule has 0 N–H and O–H groups in total. The highest BCUT2D eigenvalue weighted by atomic mass is 19.4. The summed E-state index contributed by atoms with van der Waals surface area (Å²) in [6, 6.07) is 9.17. The van der Waals surface area contributed by atoms with Gasteiger partial charge in [-0.15, -0.1) is 0 Å². The third-order valence-electron chi connectivity index (χ3n) is 5.23. The second kappa shape index (κ2) is 8.84. The van der Waals surface area contributed by atoms with Gasteiger partial charge < -0.3 is 4.90 Å². The minimum Gasteiger partial charge on any atom is -0.354 e. The fourth-order valence-corrected chi connectivity index (χ4v) is 3.58. The number of piperazine rings is 1. The van der Waals surface area contributed by atoms with Crippen molar-refractivity contribution in [1.82, 2.24) is 24.6 Å². The van der Waals surface area contributed by atoms with Crippen molar-refractivity contribution < 1.29 is 13.2 Å². The smallest absolute Gasteiger partial charge is 0.354 e. The second-order valence-electron chi connectivity index (χ2n) is 7.22. The Morgan fingerprint density at radius 3 is 2.35 bits per heavy atom. The molecule has 4 heterocycles. The molecule has 1 aliphatic heterocycles. The zero-order chi connectivity index (χ0) is 21.8. The maximum atomic E-state index is 13.3. The zero-order valence-electron chi connectivity index (χ0n) is 16.7. The van der Waals surface area contributed by atoms with Gasteiger partial charge in [-0.05, 0) is 30.3 Å². The van der Waals surface area contributed by atoms with Crippen molar-refractivity contribution in [3.05, 3.63) is 70.9 Å². The molecule has 0 amide bonds. The van der Waals surface area contributed by atoms with Gasteiger partial charge in [0.1, 0.15) is 5.82 Å². The molecule has 10 heteroatoms. The van der Waals surface area contributed by atoms with E-state index in [-0.39, 0.29) is 11.4 Å². The SMILES string of the molecule is O=c1ccc(-c2ccncc2)nn1CCN1CCN(c2ncccc2C(F)(F)F)CC1. The molecule has 162 valence electrons. The fraction of sp³-hybridized carbons (Fsp3) is 0.333. The Morgan fingerprint density at radius 1 is 0.903 bits per heavy atom. The molecule has 4 rings (SSSR count). The van der Waals surface area contributed by atoms with Crippen LogP contribution in [0.3, 0.4) is 0 Å². The van der Waals surface area contributed by atoms with Crippen LogP contribution >= 0.6 is 0 Å². The molecule has 3 aromatic rings. The first-order chi connectivity index (χ1) is 14.9. The highest BCUT2D eigenvalue weighted by molar-refractivity contribution is 5.57. The van der Waals surface area contributed by atoms with E-state index in [1.165, 1.54) is 23.0 Å². The summed E-state index contributed by atoms with van der Waals surface area (Å²) in [6.45, 7) is 2.99. The molecule has 0 aliphatic carbocycles. The van der Waals surface area contributed by atoms with Crippen molar-refractivity contribution in [3.63, 3.8) is 0 Å². The molecule has 0 atom stereocenters. The third-order valence-corrected chi connectivity index (χ3v) is 5.23. The monoisotopic (exact) mass is 430 g/mol. The number of hydrogen-bond donors (Lipinski definition) is 0. The van der Waals surface area contributed by atoms with Gasteiger partial charge >= 0.3 is 6.18 Å². The lowest BCUT2D eigenvalue weighted by Gasteiger charge is -2.36. The minimum atomic E-state index is -4.44. The molecule has 0 radical (unpaired) electrons. The molecule has 1 aliphatic rings. The summed E-state index contributed by atoms with van der Waals surface area (Å²) >= 11 is 0. The second-order valence-corrected chi connectivity index (χ2v) is 7.22. The molecule has 1 fully saturated rings. The van der Waals surface area contributed by atoms with Gasteiger partial charge in [0.2, 0.25) is 0 Å². The highest BCUT2D eigenvalue weighted by Crippen LogP contribution is 2.35. The Hall–Kier alpha value is -3.27. The molecule has 0 bridgehead atoms. The number of nitrogens with zero attached hydrogens (tertiary/aromatic N) is 6. The van der Waals surface area contributed by atoms with E-state index >= 15 is 0 Å². The summed E-state index contributed by atoms with van der Waals surface area (Å²) in [5.41, 5.74) is 0.640. The maximum absolute atomic E-state index is 13.3. The van der Waals surface area contributed by atoms with E-state index in [2.05, 4.69) is 20.0 Å². The number of alkyl halides is 3. The van der Waals surface area contributed by atoms with E-state index in [4.69, 9.17) is 0 Å². The van der Waals surface area contributed by atoms with E-state index in [0.717, 1.165) is 11.6 Å². The van der Waals surface area contributed by atoms with Crippen LogP contribution in [0.25, 0.3) is 11.3 Å². The van der Waals surface area contributed by atoms with Crippen molar-refractivity contribution in [2.75, 3.05) is 37.6 Å². The largest absolute Gasteiger partial charge is 0.419 e. The van der Waals surface area contributed by atoms with Gasteiger partial charge in [-0.2, -0.15) is 18.3 Å². The molecule has 31 heavy (non-hydrogen) atoms. The Kier molecular flexibility index (Phi) is 5.99. The first-order valence-corrected chi connectivity index (χ1v) is 9.90. The van der Waals surface area contributed by atoms with Crippen LogP contribution < -0.4 is 10.5 Å². The average Bonchev–Trinajstić information content (AvgIpc) is 2.79. The molecule has 0 saturated carbocycles. The lowest BCUT2D eigenvalue weighted by Crippen LogP contribution is -2.48. The Morgan fingerprint density at radius 2 is 1.65 bits per heavy atom. The number of halogens is 3. The van der Waals surface area contributed by atoms with Crippen LogP contribution in [0.2, 0.25) is 0 Å². The van der Waals surface area contributed by atoms with Crippen LogP contribution in [0.15, 0.2) is 59.8 Å². The highest BCUT2D eigenvalue weighted by Gasteiger charge is 2.36. The predicted octanol–water partition coefficient (Wildman–Crippen LogP) is 2.54. The number of pyridine rings is 2. The molecular formula is C21H21F3N6O. The first-order valence-electron chi connectivity index (χ1n) is 9.90. The average molecular weight is 430 g/mol. The number of rotatable bonds is 5. The van der Waals surface area contributed by atoms with Crippen LogP contribution in [0.5, 0.6) is 0 Å². The zero-order valence-corrected chi connectivity index (χ0v) is 16.7. The van der Waals surface area contributed by atoms with Crippen LogP contribution in [0, 0.1) is 0 Å². The van der Waals surface area contributed by atoms with E-state index in [0.29, 0.717) is 45.0 Å². The summed E-state index contributed by atoms with van der Waals surface area (Å²) in [5.74, 6) is -0.0300. The first kappa shape index (κ1) is 21.0. The van der Waals surface area contributed by atoms with E-state index in [9.17, 15) is 18.0 Å². The van der Waals surface area contributed by atoms with Crippen molar-refractivity contribution in [2.24, 2.45) is 0 Å². The number of aromatic nitrogens is 4. The van der Waals surface area contributed by atoms with Gasteiger partial charge in [-0.1, -0.05) is 0 Å². The van der Waals surface area contributed by atoms with Crippen molar-refractivity contribution in [3.8, 4) is 11.3 Å². The van der Waals surface area contributed by atoms with E-state index in [1.807, 2.05) is 12.1 Å². The number of hydrogen-bond acceptors (Lipinski definition) is 6. The summed E-state index contributed by atoms with van der Waals surface area (Å²) < 4.78 is 41.2. The topological polar surface area (TPSA) is 67.2 Å². The summed E-state index contributed by atoms with van der Waals surface area (Å²) in [4.78, 5) is 23.9. The van der Waals surface area contributed by atoms with Crippen molar-refractivity contribution in [1.29, 1.82) is 0 Å². The van der Waals surface area contributed by atoms with Gasteiger partial charge in [0.15, 0.2) is 0 Å². The lowest BCUT2D eigenvalue weighted by atomic mass is 10.2. The van der Waals surface area contributed by atoms with Gasteiger partial charge in [-0.3, -0.25) is 14.7 Å². The van der Waals surface area contributed by atoms with E-state index < -0.39 is 11.7 Å². The van der Waals surface area contributed by atoms with Gasteiger partial charge in [0, 0.05) is 62.9 Å². The van der Waals surface area contributed by atoms with Crippen LogP contribution in [0.1, 0.15) is 5.56 Å². The molecule has 0 unspecified atom stereocenters. The molecule has 3 aromatic heterocycles. The van der Waals surface area contributed by atoms with Gasteiger partial charge in [-0.25, -0.2) is 9.67 Å². The Balaban J connectivity index is 1.38.